The quantitative estimate of drug-likeness (QED) is 0.290. The fourth-order valence-electron chi connectivity index (χ4n) is 1.40. The van der Waals surface area contributed by atoms with Gasteiger partial charge >= 0.3 is 5.97 Å². The van der Waals surface area contributed by atoms with Crippen LogP contribution in [-0.4, -0.2) is 45.7 Å². The third-order valence-electron chi connectivity index (χ3n) is 2.21. The maximum absolute atomic E-state index is 11.2. The van der Waals surface area contributed by atoms with Gasteiger partial charge < -0.3 is 20.1 Å². The van der Waals surface area contributed by atoms with E-state index in [1.54, 1.807) is 6.92 Å². The highest BCUT2D eigenvalue weighted by atomic mass is 16.7. The van der Waals surface area contributed by atoms with Crippen LogP contribution in [0.4, 0.5) is 0 Å². The average Bonchev–Trinajstić information content (AvgIpc) is 2.12. The van der Waals surface area contributed by atoms with Crippen LogP contribution in [0.1, 0.15) is 19.8 Å². The summed E-state index contributed by atoms with van der Waals surface area (Å²) in [6, 6.07) is 0. The van der Waals surface area contributed by atoms with Gasteiger partial charge in [-0.15, -0.1) is 0 Å². The fourth-order valence-corrected chi connectivity index (χ4v) is 1.40. The number of cyclic esters (lactones) is 1. The minimum absolute atomic E-state index is 0.244. The van der Waals surface area contributed by atoms with Crippen molar-refractivity contribution >= 4 is 5.97 Å². The van der Waals surface area contributed by atoms with Crippen molar-refractivity contribution in [3.63, 3.8) is 0 Å². The third-order valence-corrected chi connectivity index (χ3v) is 2.21. The maximum atomic E-state index is 11.2. The Balaban J connectivity index is 2.72. The molecule has 0 aromatic rings. The van der Waals surface area contributed by atoms with E-state index in [1.165, 1.54) is 12.2 Å². The van der Waals surface area contributed by atoms with Crippen molar-refractivity contribution in [1.29, 1.82) is 0 Å². The predicted octanol–water partition coefficient (Wildman–Crippen LogP) is -0.649. The number of rotatable bonds is 0. The zero-order chi connectivity index (χ0) is 11.4. The summed E-state index contributed by atoms with van der Waals surface area (Å²) in [7, 11) is 0. The zero-order valence-corrected chi connectivity index (χ0v) is 8.54. The monoisotopic (exact) mass is 226 g/mol. The number of hydrogen-bond donors (Lipinski definition) is 3. The molecule has 0 unspecified atom stereocenters. The highest BCUT2D eigenvalue weighted by Crippen LogP contribution is 2.11. The molecule has 5 heteroatoms. The molecule has 0 amide bonds. The van der Waals surface area contributed by atoms with Gasteiger partial charge in [-0.2, -0.15) is 0 Å². The van der Waals surface area contributed by atoms with Crippen LogP contribution in [0.5, 0.6) is 0 Å². The first-order valence-electron chi connectivity index (χ1n) is 4.91. The van der Waals surface area contributed by atoms with Crippen LogP contribution in [0.3, 0.4) is 0 Å². The van der Waals surface area contributed by atoms with Gasteiger partial charge in [0.25, 0.3) is 0 Å². The number of esters is 1. The van der Waals surface area contributed by atoms with E-state index < -0.39 is 30.4 Å². The lowest BCUT2D eigenvalue weighted by Crippen LogP contribution is -2.31. The second kappa shape index (κ2) is 5.25. The normalized spacial score (nSPS) is 40.7. The predicted molar refractivity (Wildman–Crippen MR) is 51.9 cm³/mol. The van der Waals surface area contributed by atoms with Gasteiger partial charge in [0, 0.05) is 6.42 Å². The van der Waals surface area contributed by atoms with E-state index >= 15 is 0 Å². The third kappa shape index (κ3) is 3.99. The van der Waals surface area contributed by atoms with Crippen LogP contribution in [0.2, 0.25) is 0 Å². The second-order valence-corrected chi connectivity index (χ2v) is 3.75. The lowest BCUT2D eigenvalue weighted by molar-refractivity contribution is -0.152. The molecule has 0 saturated heterocycles. The Labute approximate surface area is 88.0 Å². The Hall–Kier alpha value is -0.910. The lowest BCUT2D eigenvalue weighted by atomic mass is 11.0. The van der Waals surface area contributed by atoms with Gasteiger partial charge in [-0.05, 0) is 6.92 Å². The summed E-state index contributed by atoms with van der Waals surface area (Å²) in [6.07, 6.45) is -0.805. The molecule has 86 valence electrons. The summed E-state index contributed by atoms with van der Waals surface area (Å²) in [5, 5.41) is 28.1. The summed E-state index contributed by atoms with van der Waals surface area (Å²) >= 11 is 0. The van der Waals surface area contributed by atoms with Gasteiger partial charge in [0.1, 0.15) is 6.10 Å². The SMILES string of the molecule is [13CH3][13C@@H]1[13CH2][13C@H](O)/[13CH]=[13CH]/[13C@H](O)[13C@@H](O)[13CH2][13C](=O)O1. The minimum Gasteiger partial charge on any atom is -0.462 e. The highest BCUT2D eigenvalue weighted by molar-refractivity contribution is 5.70. The molecule has 1 heterocycles. The summed E-state index contributed by atoms with van der Waals surface area (Å²) in [6.45, 7) is 1.67. The fraction of sp³-hybridized carbons (Fsp3) is 0.700. The first-order valence-corrected chi connectivity index (χ1v) is 4.91. The highest BCUT2D eigenvalue weighted by Gasteiger charge is 2.22. The van der Waals surface area contributed by atoms with Crippen LogP contribution >= 0.6 is 0 Å². The molecule has 5 nitrogen and oxygen atoms in total. The molecule has 1 rings (SSSR count). The van der Waals surface area contributed by atoms with E-state index in [0.29, 0.717) is 0 Å². The van der Waals surface area contributed by atoms with Crippen molar-refractivity contribution in [2.24, 2.45) is 0 Å². The molecule has 15 heavy (non-hydrogen) atoms. The summed E-state index contributed by atoms with van der Waals surface area (Å²) in [5.74, 6) is -0.573. The Morgan fingerprint density at radius 1 is 1.33 bits per heavy atom. The molecule has 0 radical (unpaired) electrons. The molecule has 3 N–H and O–H groups in total. The minimum atomic E-state index is -1.19. The Morgan fingerprint density at radius 2 is 2.00 bits per heavy atom. The zero-order valence-electron chi connectivity index (χ0n) is 8.54. The molecule has 1 aliphatic rings. The van der Waals surface area contributed by atoms with Crippen molar-refractivity contribution in [3.05, 3.63) is 12.2 Å². The van der Waals surface area contributed by atoms with E-state index in [4.69, 9.17) is 4.74 Å². The Bertz CT molecular complexity index is 250. The Kier molecular flexibility index (Phi) is 4.26. The second-order valence-electron chi connectivity index (χ2n) is 3.75. The van der Waals surface area contributed by atoms with Gasteiger partial charge in [-0.25, -0.2) is 0 Å². The van der Waals surface area contributed by atoms with Crippen LogP contribution in [-0.2, 0) is 9.53 Å². The molecule has 0 fully saturated rings. The first-order chi connectivity index (χ1) is 6.99. The van der Waals surface area contributed by atoms with E-state index in [2.05, 4.69) is 0 Å². The number of aliphatic hydroxyl groups excluding tert-OH is 3. The van der Waals surface area contributed by atoms with Gasteiger partial charge in [-0.3, -0.25) is 4.79 Å². The number of aliphatic hydroxyl groups is 3. The van der Waals surface area contributed by atoms with Gasteiger partial charge in [0.15, 0.2) is 0 Å². The van der Waals surface area contributed by atoms with E-state index in [0.717, 1.165) is 0 Å². The average molecular weight is 226 g/mol. The van der Waals surface area contributed by atoms with Gasteiger partial charge in [0.05, 0.1) is 24.7 Å². The van der Waals surface area contributed by atoms with Crippen molar-refractivity contribution in [2.45, 2.75) is 44.2 Å². The largest absolute Gasteiger partial charge is 0.462 e. The van der Waals surface area contributed by atoms with Crippen LogP contribution in [0.15, 0.2) is 12.2 Å². The summed E-state index contributed by atoms with van der Waals surface area (Å²) in [4.78, 5) is 11.2. The number of hydrogen-bond acceptors (Lipinski definition) is 5. The number of ether oxygens (including phenoxy) is 1. The number of carbonyl (C=O) groups is 1. The van der Waals surface area contributed by atoms with Crippen molar-refractivity contribution in [3.8, 4) is 0 Å². The van der Waals surface area contributed by atoms with Crippen molar-refractivity contribution in [2.75, 3.05) is 0 Å². The Morgan fingerprint density at radius 3 is 2.67 bits per heavy atom. The molecular weight excluding hydrogens is 210 g/mol. The molecule has 0 aromatic heterocycles. The van der Waals surface area contributed by atoms with Crippen LogP contribution < -0.4 is 0 Å². The van der Waals surface area contributed by atoms with Crippen molar-refractivity contribution < 1.29 is 24.9 Å². The van der Waals surface area contributed by atoms with Crippen LogP contribution in [0.25, 0.3) is 0 Å². The summed E-state index contributed by atoms with van der Waals surface area (Å²) < 4.78 is 4.91. The molecule has 0 saturated carbocycles. The van der Waals surface area contributed by atoms with Crippen molar-refractivity contribution in [1.82, 2.24) is 0 Å². The van der Waals surface area contributed by atoms with E-state index in [1.807, 2.05) is 0 Å². The standard InChI is InChI=1S/C10H16O5/c1-6-4-7(11)2-3-8(12)9(13)5-10(14)15-6/h2-3,6-9,11-13H,4-5H2,1H3/b3-2+/t6-,7-,8+,9+/m1/s1/i1+1,2+1,3+1,4+1,5+1,6+1,7+1,8+1,9+1,10+1. The molecule has 0 aromatic carbocycles. The maximum Gasteiger partial charge on any atom is 0.308 e. The molecule has 1 aliphatic heterocycles. The number of carbonyl (C=O) groups excluding carboxylic acids is 1. The molecule has 0 spiro atoms. The molecule has 0 bridgehead atoms. The lowest BCUT2D eigenvalue weighted by Gasteiger charge is -2.20. The summed E-state index contributed by atoms with van der Waals surface area (Å²) in [5.41, 5.74) is 0. The smallest absolute Gasteiger partial charge is 0.308 e. The van der Waals surface area contributed by atoms with Gasteiger partial charge in [-0.1, -0.05) is 12.2 Å². The molecule has 4 atom stereocenters. The molecular formula is C10H16O5. The van der Waals surface area contributed by atoms with Crippen LogP contribution in [0, 0.1) is 0 Å². The van der Waals surface area contributed by atoms with E-state index in [9.17, 15) is 20.1 Å². The molecule has 0 aliphatic carbocycles. The van der Waals surface area contributed by atoms with Gasteiger partial charge in [0.2, 0.25) is 0 Å². The van der Waals surface area contributed by atoms with E-state index in [-0.39, 0.29) is 12.8 Å². The first kappa shape index (κ1) is 12.2. The topological polar surface area (TPSA) is 87.0 Å².